The first-order valence-corrected chi connectivity index (χ1v) is 6.71. The van der Waals surface area contributed by atoms with Crippen LogP contribution in [0.4, 0.5) is 10.1 Å². The standard InChI is InChI=1S/C15H13BrFNO2/c1-9-5-10(7-11(16)6-9)15(19)18-12-3-4-14(20-2)13(17)8-12/h3-8H,1-2H3,(H,18,19). The fourth-order valence-corrected chi connectivity index (χ4v) is 2.42. The lowest BCUT2D eigenvalue weighted by Gasteiger charge is -2.08. The zero-order chi connectivity index (χ0) is 14.7. The molecule has 0 aromatic heterocycles. The predicted molar refractivity (Wildman–Crippen MR) is 79.8 cm³/mol. The molecule has 3 nitrogen and oxygen atoms in total. The summed E-state index contributed by atoms with van der Waals surface area (Å²) >= 11 is 3.34. The number of hydrogen-bond donors (Lipinski definition) is 1. The Morgan fingerprint density at radius 1 is 1.25 bits per heavy atom. The Labute approximate surface area is 124 Å². The maximum absolute atomic E-state index is 13.5. The summed E-state index contributed by atoms with van der Waals surface area (Å²) in [5.74, 6) is -0.670. The van der Waals surface area contributed by atoms with Crippen LogP contribution in [0.2, 0.25) is 0 Å². The van der Waals surface area contributed by atoms with Crippen LogP contribution in [0.25, 0.3) is 0 Å². The molecule has 0 atom stereocenters. The van der Waals surface area contributed by atoms with Crippen molar-refractivity contribution in [1.29, 1.82) is 0 Å². The highest BCUT2D eigenvalue weighted by Gasteiger charge is 2.09. The van der Waals surface area contributed by atoms with E-state index in [1.807, 2.05) is 13.0 Å². The fourth-order valence-electron chi connectivity index (χ4n) is 1.81. The summed E-state index contributed by atoms with van der Waals surface area (Å²) in [4.78, 5) is 12.1. The Hall–Kier alpha value is -1.88. The summed E-state index contributed by atoms with van der Waals surface area (Å²) < 4.78 is 19.2. The highest BCUT2D eigenvalue weighted by molar-refractivity contribution is 9.10. The van der Waals surface area contributed by atoms with Gasteiger partial charge in [-0.2, -0.15) is 0 Å². The molecule has 0 saturated heterocycles. The lowest BCUT2D eigenvalue weighted by Crippen LogP contribution is -2.12. The molecule has 2 aromatic rings. The van der Waals surface area contributed by atoms with E-state index in [2.05, 4.69) is 21.2 Å². The number of carbonyl (C=O) groups excluding carboxylic acids is 1. The van der Waals surface area contributed by atoms with Gasteiger partial charge < -0.3 is 10.1 Å². The molecule has 0 aliphatic rings. The predicted octanol–water partition coefficient (Wildman–Crippen LogP) is 4.16. The lowest BCUT2D eigenvalue weighted by atomic mass is 10.1. The summed E-state index contributed by atoms with van der Waals surface area (Å²) in [7, 11) is 1.39. The Morgan fingerprint density at radius 2 is 2.00 bits per heavy atom. The number of carbonyl (C=O) groups is 1. The monoisotopic (exact) mass is 337 g/mol. The van der Waals surface area contributed by atoms with Crippen molar-refractivity contribution in [2.75, 3.05) is 12.4 Å². The first-order valence-electron chi connectivity index (χ1n) is 5.91. The van der Waals surface area contributed by atoms with Gasteiger partial charge in [0.2, 0.25) is 0 Å². The van der Waals surface area contributed by atoms with E-state index < -0.39 is 5.82 Å². The molecule has 0 fully saturated rings. The average Bonchev–Trinajstić information content (AvgIpc) is 2.37. The van der Waals surface area contributed by atoms with Crippen molar-refractivity contribution in [2.45, 2.75) is 6.92 Å². The molecule has 0 spiro atoms. The number of rotatable bonds is 3. The summed E-state index contributed by atoms with van der Waals surface area (Å²) in [6.07, 6.45) is 0. The SMILES string of the molecule is COc1ccc(NC(=O)c2cc(C)cc(Br)c2)cc1F. The van der Waals surface area contributed by atoms with E-state index in [0.29, 0.717) is 11.3 Å². The molecule has 1 amide bonds. The minimum absolute atomic E-state index is 0.140. The van der Waals surface area contributed by atoms with E-state index in [1.165, 1.54) is 19.2 Å². The van der Waals surface area contributed by atoms with Crippen molar-refractivity contribution in [3.05, 3.63) is 57.8 Å². The van der Waals surface area contributed by atoms with Crippen LogP contribution in [0.3, 0.4) is 0 Å². The van der Waals surface area contributed by atoms with Crippen LogP contribution in [0.1, 0.15) is 15.9 Å². The van der Waals surface area contributed by atoms with Crippen molar-refractivity contribution in [3.63, 3.8) is 0 Å². The zero-order valence-corrected chi connectivity index (χ0v) is 12.6. The van der Waals surface area contributed by atoms with Gasteiger partial charge in [0, 0.05) is 21.8 Å². The van der Waals surface area contributed by atoms with Crippen molar-refractivity contribution in [3.8, 4) is 5.75 Å². The van der Waals surface area contributed by atoms with Gasteiger partial charge >= 0.3 is 0 Å². The van der Waals surface area contributed by atoms with Gasteiger partial charge in [0.1, 0.15) is 0 Å². The number of anilines is 1. The molecule has 0 saturated carbocycles. The second kappa shape index (κ2) is 6.05. The van der Waals surface area contributed by atoms with Crippen LogP contribution < -0.4 is 10.1 Å². The van der Waals surface area contributed by atoms with E-state index in [1.54, 1.807) is 18.2 Å². The lowest BCUT2D eigenvalue weighted by molar-refractivity contribution is 0.102. The van der Waals surface area contributed by atoms with Gasteiger partial charge in [-0.25, -0.2) is 4.39 Å². The highest BCUT2D eigenvalue weighted by atomic mass is 79.9. The van der Waals surface area contributed by atoms with Crippen LogP contribution in [0, 0.1) is 12.7 Å². The number of hydrogen-bond acceptors (Lipinski definition) is 2. The molecule has 0 radical (unpaired) electrons. The molecule has 0 aliphatic carbocycles. The molecular formula is C15H13BrFNO2. The summed E-state index contributed by atoms with van der Waals surface area (Å²) in [6.45, 7) is 1.90. The van der Waals surface area contributed by atoms with Crippen molar-refractivity contribution in [2.24, 2.45) is 0 Å². The van der Waals surface area contributed by atoms with Gasteiger partial charge in [0.05, 0.1) is 7.11 Å². The molecule has 0 aliphatic heterocycles. The van der Waals surface area contributed by atoms with Gasteiger partial charge in [0.25, 0.3) is 5.91 Å². The van der Waals surface area contributed by atoms with Crippen LogP contribution >= 0.6 is 15.9 Å². The minimum atomic E-state index is -0.518. The summed E-state index contributed by atoms with van der Waals surface area (Å²) in [5.41, 5.74) is 1.85. The van der Waals surface area contributed by atoms with Gasteiger partial charge in [-0.15, -0.1) is 0 Å². The average molecular weight is 338 g/mol. The van der Waals surface area contributed by atoms with Crippen LogP contribution in [0.15, 0.2) is 40.9 Å². The highest BCUT2D eigenvalue weighted by Crippen LogP contribution is 2.22. The quantitative estimate of drug-likeness (QED) is 0.913. The van der Waals surface area contributed by atoms with Gasteiger partial charge in [-0.05, 0) is 42.8 Å². The summed E-state index contributed by atoms with van der Waals surface area (Å²) in [6, 6.07) is 9.66. The number of aryl methyl sites for hydroxylation is 1. The second-order valence-electron chi connectivity index (χ2n) is 4.32. The molecule has 2 rings (SSSR count). The molecule has 104 valence electrons. The van der Waals surface area contributed by atoms with E-state index in [-0.39, 0.29) is 11.7 Å². The molecular weight excluding hydrogens is 325 g/mol. The first-order chi connectivity index (χ1) is 9.49. The minimum Gasteiger partial charge on any atom is -0.494 e. The topological polar surface area (TPSA) is 38.3 Å². The molecule has 20 heavy (non-hydrogen) atoms. The van der Waals surface area contributed by atoms with E-state index in [9.17, 15) is 9.18 Å². The maximum atomic E-state index is 13.5. The third-order valence-corrected chi connectivity index (χ3v) is 3.17. The fraction of sp³-hybridized carbons (Fsp3) is 0.133. The second-order valence-corrected chi connectivity index (χ2v) is 5.24. The third-order valence-electron chi connectivity index (χ3n) is 2.71. The van der Waals surface area contributed by atoms with Crippen molar-refractivity contribution >= 4 is 27.5 Å². The Balaban J connectivity index is 2.21. The molecule has 0 unspecified atom stereocenters. The maximum Gasteiger partial charge on any atom is 0.255 e. The first kappa shape index (κ1) is 14.5. The third kappa shape index (κ3) is 3.36. The normalized spacial score (nSPS) is 10.2. The largest absolute Gasteiger partial charge is 0.494 e. The van der Waals surface area contributed by atoms with Gasteiger partial charge in [-0.3, -0.25) is 4.79 Å². The van der Waals surface area contributed by atoms with Crippen LogP contribution in [0.5, 0.6) is 5.75 Å². The Bertz CT molecular complexity index is 638. The smallest absolute Gasteiger partial charge is 0.255 e. The number of amides is 1. The number of halogens is 2. The number of nitrogens with one attached hydrogen (secondary N) is 1. The molecule has 0 heterocycles. The van der Waals surface area contributed by atoms with Gasteiger partial charge in [0.15, 0.2) is 11.6 Å². The van der Waals surface area contributed by atoms with Crippen LogP contribution in [-0.2, 0) is 0 Å². The van der Waals surface area contributed by atoms with Gasteiger partial charge in [-0.1, -0.05) is 15.9 Å². The zero-order valence-electron chi connectivity index (χ0n) is 11.0. The van der Waals surface area contributed by atoms with E-state index in [0.717, 1.165) is 10.0 Å². The number of methoxy groups -OCH3 is 1. The Morgan fingerprint density at radius 3 is 2.60 bits per heavy atom. The Kier molecular flexibility index (Phi) is 4.39. The molecule has 5 heteroatoms. The van der Waals surface area contributed by atoms with Crippen molar-refractivity contribution in [1.82, 2.24) is 0 Å². The summed E-state index contributed by atoms with van der Waals surface area (Å²) in [5, 5.41) is 2.65. The molecule has 2 aromatic carbocycles. The number of ether oxygens (including phenoxy) is 1. The molecule has 1 N–H and O–H groups in total. The van der Waals surface area contributed by atoms with Crippen LogP contribution in [-0.4, -0.2) is 13.0 Å². The van der Waals surface area contributed by atoms with E-state index >= 15 is 0 Å². The van der Waals surface area contributed by atoms with Crippen molar-refractivity contribution < 1.29 is 13.9 Å². The van der Waals surface area contributed by atoms with E-state index in [4.69, 9.17) is 4.74 Å². The molecule has 0 bridgehead atoms. The number of benzene rings is 2.